The number of para-hydroxylation sites is 1. The number of nitrogens with two attached hydrogens (primary N) is 1. The Kier molecular flexibility index (Phi) is 5.04. The molecule has 0 bridgehead atoms. The smallest absolute Gasteiger partial charge is 0.220 e. The van der Waals surface area contributed by atoms with E-state index in [4.69, 9.17) is 10.5 Å². The number of ether oxygens (including phenoxy) is 1. The van der Waals surface area contributed by atoms with Gasteiger partial charge in [-0.25, -0.2) is 0 Å². The third kappa shape index (κ3) is 4.72. The zero-order valence-corrected chi connectivity index (χ0v) is 11.6. The number of carbonyl (C=O) groups is 1. The van der Waals surface area contributed by atoms with Gasteiger partial charge in [-0.15, -0.1) is 0 Å². The van der Waals surface area contributed by atoms with Gasteiger partial charge in [-0.3, -0.25) is 4.79 Å². The molecule has 21 heavy (non-hydrogen) atoms. The standard InChI is InChI=1S/C16H18N2O3/c17-16(20)9-10-21-14-7-5-13(6-8-14)18-11-12-3-1-2-4-15(12)19/h1-8,18-19H,9-11H2,(H2,17,20). The maximum absolute atomic E-state index is 10.6. The molecular weight excluding hydrogens is 268 g/mol. The van der Waals surface area contributed by atoms with Crippen molar-refractivity contribution in [3.63, 3.8) is 0 Å². The number of phenols is 1. The number of phenolic OH excluding ortho intramolecular Hbond substituents is 1. The monoisotopic (exact) mass is 286 g/mol. The Morgan fingerprint density at radius 1 is 1.14 bits per heavy atom. The normalized spacial score (nSPS) is 10.1. The van der Waals surface area contributed by atoms with Crippen LogP contribution in [0.2, 0.25) is 0 Å². The van der Waals surface area contributed by atoms with E-state index in [1.165, 1.54) is 0 Å². The van der Waals surface area contributed by atoms with Gasteiger partial charge in [0.25, 0.3) is 0 Å². The van der Waals surface area contributed by atoms with E-state index >= 15 is 0 Å². The summed E-state index contributed by atoms with van der Waals surface area (Å²) in [7, 11) is 0. The van der Waals surface area contributed by atoms with Crippen LogP contribution >= 0.6 is 0 Å². The summed E-state index contributed by atoms with van der Waals surface area (Å²) in [4.78, 5) is 10.6. The van der Waals surface area contributed by atoms with Gasteiger partial charge in [0, 0.05) is 17.8 Å². The lowest BCUT2D eigenvalue weighted by molar-refractivity contribution is -0.118. The average molecular weight is 286 g/mol. The molecule has 5 heteroatoms. The van der Waals surface area contributed by atoms with Crippen molar-refractivity contribution in [3.8, 4) is 11.5 Å². The van der Waals surface area contributed by atoms with Crippen molar-refractivity contribution < 1.29 is 14.6 Å². The summed E-state index contributed by atoms with van der Waals surface area (Å²) in [5.74, 6) is 0.580. The Hall–Kier alpha value is -2.69. The highest BCUT2D eigenvalue weighted by atomic mass is 16.5. The molecule has 0 saturated heterocycles. The van der Waals surface area contributed by atoms with Crippen molar-refractivity contribution in [2.24, 2.45) is 5.73 Å². The molecule has 2 aromatic rings. The van der Waals surface area contributed by atoms with Gasteiger partial charge in [0.2, 0.25) is 5.91 Å². The number of hydrogen-bond donors (Lipinski definition) is 3. The van der Waals surface area contributed by atoms with E-state index in [1.807, 2.05) is 36.4 Å². The number of hydrogen-bond acceptors (Lipinski definition) is 4. The van der Waals surface area contributed by atoms with Crippen molar-refractivity contribution in [2.75, 3.05) is 11.9 Å². The summed E-state index contributed by atoms with van der Waals surface area (Å²) >= 11 is 0. The molecule has 0 aliphatic carbocycles. The van der Waals surface area contributed by atoms with Crippen LogP contribution in [-0.4, -0.2) is 17.6 Å². The van der Waals surface area contributed by atoms with Crippen LogP contribution in [0.15, 0.2) is 48.5 Å². The van der Waals surface area contributed by atoms with Crippen LogP contribution in [0, 0.1) is 0 Å². The Bertz CT molecular complexity index is 597. The number of nitrogens with one attached hydrogen (secondary N) is 1. The number of aromatic hydroxyl groups is 1. The van der Waals surface area contributed by atoms with Gasteiger partial charge in [0.05, 0.1) is 13.0 Å². The number of amides is 1. The third-order valence-corrected chi connectivity index (χ3v) is 2.95. The first-order chi connectivity index (χ1) is 10.1. The van der Waals surface area contributed by atoms with Crippen LogP contribution in [0.4, 0.5) is 5.69 Å². The molecule has 0 aliphatic heterocycles. The molecule has 0 fully saturated rings. The largest absolute Gasteiger partial charge is 0.508 e. The van der Waals surface area contributed by atoms with Crippen LogP contribution in [0.5, 0.6) is 11.5 Å². The maximum Gasteiger partial charge on any atom is 0.220 e. The van der Waals surface area contributed by atoms with Gasteiger partial charge in [-0.2, -0.15) is 0 Å². The minimum absolute atomic E-state index is 0.202. The first-order valence-corrected chi connectivity index (χ1v) is 6.67. The van der Waals surface area contributed by atoms with Gasteiger partial charge in [0.1, 0.15) is 11.5 Å². The lowest BCUT2D eigenvalue weighted by atomic mass is 10.2. The quantitative estimate of drug-likeness (QED) is 0.729. The summed E-state index contributed by atoms with van der Waals surface area (Å²) in [6.07, 6.45) is 0.202. The molecule has 0 atom stereocenters. The topological polar surface area (TPSA) is 84.6 Å². The molecule has 2 rings (SSSR count). The van der Waals surface area contributed by atoms with Crippen molar-refractivity contribution in [2.45, 2.75) is 13.0 Å². The van der Waals surface area contributed by atoms with Gasteiger partial charge in [0.15, 0.2) is 0 Å². The van der Waals surface area contributed by atoms with Crippen LogP contribution in [0.3, 0.4) is 0 Å². The van der Waals surface area contributed by atoms with E-state index < -0.39 is 0 Å². The molecule has 4 N–H and O–H groups in total. The zero-order valence-electron chi connectivity index (χ0n) is 11.6. The molecule has 0 unspecified atom stereocenters. The van der Waals surface area contributed by atoms with E-state index in [0.29, 0.717) is 12.3 Å². The van der Waals surface area contributed by atoms with E-state index in [0.717, 1.165) is 11.3 Å². The van der Waals surface area contributed by atoms with Crippen molar-refractivity contribution in [1.29, 1.82) is 0 Å². The van der Waals surface area contributed by atoms with Gasteiger partial charge in [-0.05, 0) is 30.3 Å². The first kappa shape index (κ1) is 14.7. The van der Waals surface area contributed by atoms with Crippen LogP contribution < -0.4 is 15.8 Å². The maximum atomic E-state index is 10.6. The Morgan fingerprint density at radius 2 is 1.86 bits per heavy atom. The van der Waals surface area contributed by atoms with Gasteiger partial charge < -0.3 is 20.9 Å². The summed E-state index contributed by atoms with van der Waals surface area (Å²) in [6, 6.07) is 14.6. The Labute approximate surface area is 123 Å². The van der Waals surface area contributed by atoms with Crippen molar-refractivity contribution >= 4 is 11.6 Å². The second-order valence-electron chi connectivity index (χ2n) is 4.57. The minimum Gasteiger partial charge on any atom is -0.508 e. The number of anilines is 1. The predicted molar refractivity (Wildman–Crippen MR) is 81.2 cm³/mol. The highest BCUT2D eigenvalue weighted by molar-refractivity contribution is 5.73. The third-order valence-electron chi connectivity index (χ3n) is 2.95. The SMILES string of the molecule is NC(=O)CCOc1ccc(NCc2ccccc2O)cc1. The molecule has 0 radical (unpaired) electrons. The highest BCUT2D eigenvalue weighted by Crippen LogP contribution is 2.19. The molecule has 1 amide bonds. The molecule has 0 aliphatic rings. The molecule has 110 valence electrons. The summed E-state index contributed by atoms with van der Waals surface area (Å²) in [5.41, 5.74) is 6.79. The summed E-state index contributed by atoms with van der Waals surface area (Å²) in [6.45, 7) is 0.814. The fourth-order valence-electron chi connectivity index (χ4n) is 1.80. The van der Waals surface area contributed by atoms with Gasteiger partial charge >= 0.3 is 0 Å². The summed E-state index contributed by atoms with van der Waals surface area (Å²) < 4.78 is 5.39. The molecule has 0 aromatic heterocycles. The van der Waals surface area contributed by atoms with E-state index in [-0.39, 0.29) is 24.7 Å². The second-order valence-corrected chi connectivity index (χ2v) is 4.57. The van der Waals surface area contributed by atoms with Crippen LogP contribution in [-0.2, 0) is 11.3 Å². The summed E-state index contributed by atoms with van der Waals surface area (Å²) in [5, 5.41) is 12.9. The molecule has 5 nitrogen and oxygen atoms in total. The minimum atomic E-state index is -0.379. The lowest BCUT2D eigenvalue weighted by Gasteiger charge is -2.09. The Balaban J connectivity index is 1.85. The van der Waals surface area contributed by atoms with Crippen LogP contribution in [0.1, 0.15) is 12.0 Å². The van der Waals surface area contributed by atoms with E-state index in [9.17, 15) is 9.90 Å². The number of rotatable bonds is 7. The number of benzene rings is 2. The molecule has 0 spiro atoms. The Morgan fingerprint density at radius 3 is 2.52 bits per heavy atom. The zero-order chi connectivity index (χ0) is 15.1. The first-order valence-electron chi connectivity index (χ1n) is 6.67. The number of carbonyl (C=O) groups excluding carboxylic acids is 1. The van der Waals surface area contributed by atoms with Gasteiger partial charge in [-0.1, -0.05) is 18.2 Å². The second kappa shape index (κ2) is 7.19. The van der Waals surface area contributed by atoms with Crippen molar-refractivity contribution in [1.82, 2.24) is 0 Å². The lowest BCUT2D eigenvalue weighted by Crippen LogP contribution is -2.14. The fourth-order valence-corrected chi connectivity index (χ4v) is 1.80. The number of primary amides is 1. The molecule has 2 aromatic carbocycles. The highest BCUT2D eigenvalue weighted by Gasteiger charge is 2.00. The van der Waals surface area contributed by atoms with Crippen molar-refractivity contribution in [3.05, 3.63) is 54.1 Å². The predicted octanol–water partition coefficient (Wildman–Crippen LogP) is 2.26. The van der Waals surface area contributed by atoms with E-state index in [1.54, 1.807) is 12.1 Å². The average Bonchev–Trinajstić information content (AvgIpc) is 2.47. The van der Waals surface area contributed by atoms with Crippen LogP contribution in [0.25, 0.3) is 0 Å². The molecular formula is C16H18N2O3. The van der Waals surface area contributed by atoms with E-state index in [2.05, 4.69) is 5.32 Å². The fraction of sp³-hybridized carbons (Fsp3) is 0.188. The molecule has 0 heterocycles. The molecule has 0 saturated carbocycles.